The molecule has 1 N–H and O–H groups in total. The van der Waals surface area contributed by atoms with Gasteiger partial charge in [0.2, 0.25) is 0 Å². The first kappa shape index (κ1) is 17.7. The van der Waals surface area contributed by atoms with Gasteiger partial charge in [-0.25, -0.2) is 4.79 Å². The van der Waals surface area contributed by atoms with Crippen LogP contribution >= 0.6 is 23.2 Å². The zero-order chi connectivity index (χ0) is 18.0. The topological polar surface area (TPSA) is 49.7 Å². The number of carbonyl (C=O) groups is 1. The number of hydrogen-bond acceptors (Lipinski definition) is 2. The Labute approximate surface area is 156 Å². The zero-order valence-electron chi connectivity index (χ0n) is 13.7. The number of halogens is 2. The van der Waals surface area contributed by atoms with Crippen LogP contribution in [0.2, 0.25) is 10.0 Å². The number of allylic oxidation sites excluding steroid dienone is 1. The maximum Gasteiger partial charge on any atom is 0.333 e. The highest BCUT2D eigenvalue weighted by atomic mass is 35.5. The van der Waals surface area contributed by atoms with E-state index in [0.29, 0.717) is 34.2 Å². The molecule has 128 valence electrons. The standard InChI is InChI=1S/C20H17Cl2NO2/c1-12-18(20(24)25)10-15(7-13-8-16(21)11-17(22)9-13)19(23-12)14-5-3-2-4-6-14/h2-6,8-9,11,15H,7,10H2,1H3,(H,24,25). The van der Waals surface area contributed by atoms with Crippen molar-refractivity contribution in [2.45, 2.75) is 19.8 Å². The lowest BCUT2D eigenvalue weighted by Gasteiger charge is -2.25. The summed E-state index contributed by atoms with van der Waals surface area (Å²) in [7, 11) is 0. The van der Waals surface area contributed by atoms with E-state index in [1.165, 1.54) is 0 Å². The first-order valence-corrected chi connectivity index (χ1v) is 8.71. The summed E-state index contributed by atoms with van der Waals surface area (Å²) in [5.41, 5.74) is 3.79. The van der Waals surface area contributed by atoms with Gasteiger partial charge in [0, 0.05) is 21.7 Å². The molecule has 3 rings (SSSR count). The lowest BCUT2D eigenvalue weighted by Crippen LogP contribution is -2.25. The second-order valence-electron chi connectivity index (χ2n) is 6.12. The minimum atomic E-state index is -0.914. The average molecular weight is 374 g/mol. The van der Waals surface area contributed by atoms with Gasteiger partial charge in [-0.05, 0) is 49.1 Å². The first-order valence-electron chi connectivity index (χ1n) is 7.96. The van der Waals surface area contributed by atoms with Gasteiger partial charge in [-0.15, -0.1) is 0 Å². The quantitative estimate of drug-likeness (QED) is 0.779. The highest BCUT2D eigenvalue weighted by Crippen LogP contribution is 2.31. The molecule has 0 saturated carbocycles. The van der Waals surface area contributed by atoms with E-state index in [-0.39, 0.29) is 5.92 Å². The number of nitrogens with zero attached hydrogens (tertiary/aromatic N) is 1. The molecule has 5 heteroatoms. The number of aliphatic imine (C=N–C) groups is 1. The third-order valence-corrected chi connectivity index (χ3v) is 4.73. The van der Waals surface area contributed by atoms with Crippen molar-refractivity contribution in [1.82, 2.24) is 0 Å². The smallest absolute Gasteiger partial charge is 0.333 e. The number of carboxylic acids is 1. The van der Waals surface area contributed by atoms with E-state index in [9.17, 15) is 9.90 Å². The van der Waals surface area contributed by atoms with Gasteiger partial charge < -0.3 is 5.11 Å². The Balaban J connectivity index is 2.01. The maximum absolute atomic E-state index is 11.5. The van der Waals surface area contributed by atoms with Crippen molar-refractivity contribution in [2.75, 3.05) is 0 Å². The molecule has 0 aromatic heterocycles. The van der Waals surface area contributed by atoms with E-state index in [4.69, 9.17) is 23.2 Å². The molecule has 1 unspecified atom stereocenters. The number of rotatable bonds is 4. The molecule has 0 aliphatic carbocycles. The van der Waals surface area contributed by atoms with Crippen LogP contribution in [0.25, 0.3) is 0 Å². The first-order chi connectivity index (χ1) is 11.9. The van der Waals surface area contributed by atoms with E-state index in [1.807, 2.05) is 42.5 Å². The Morgan fingerprint density at radius 2 is 1.80 bits per heavy atom. The fraction of sp³-hybridized carbons (Fsp3) is 0.200. The molecule has 25 heavy (non-hydrogen) atoms. The van der Waals surface area contributed by atoms with Crippen molar-refractivity contribution >= 4 is 34.9 Å². The van der Waals surface area contributed by atoms with Gasteiger partial charge in [-0.1, -0.05) is 53.5 Å². The molecule has 0 fully saturated rings. The molecule has 0 spiro atoms. The molecular formula is C20H17Cl2NO2. The summed E-state index contributed by atoms with van der Waals surface area (Å²) in [5.74, 6) is -0.964. The van der Waals surface area contributed by atoms with Gasteiger partial charge >= 0.3 is 5.97 Å². The van der Waals surface area contributed by atoms with Crippen LogP contribution in [0.5, 0.6) is 0 Å². The fourth-order valence-corrected chi connectivity index (χ4v) is 3.73. The summed E-state index contributed by atoms with van der Waals surface area (Å²) in [6.45, 7) is 1.75. The summed E-state index contributed by atoms with van der Waals surface area (Å²) in [6.07, 6.45) is 1.05. The van der Waals surface area contributed by atoms with Crippen LogP contribution in [0.3, 0.4) is 0 Å². The van der Waals surface area contributed by atoms with Crippen molar-refractivity contribution in [2.24, 2.45) is 10.9 Å². The summed E-state index contributed by atoms with van der Waals surface area (Å²) < 4.78 is 0. The van der Waals surface area contributed by atoms with Crippen molar-refractivity contribution in [3.05, 3.63) is 81.0 Å². The van der Waals surface area contributed by atoms with Gasteiger partial charge in [-0.3, -0.25) is 4.99 Å². The van der Waals surface area contributed by atoms with E-state index in [0.717, 1.165) is 16.8 Å². The summed E-state index contributed by atoms with van der Waals surface area (Å²) in [6, 6.07) is 15.3. The molecule has 1 atom stereocenters. The molecule has 1 aliphatic heterocycles. The molecular weight excluding hydrogens is 357 g/mol. The van der Waals surface area contributed by atoms with Gasteiger partial charge in [0.25, 0.3) is 0 Å². The third kappa shape index (κ3) is 4.12. The van der Waals surface area contributed by atoms with E-state index in [1.54, 1.807) is 13.0 Å². The molecule has 0 radical (unpaired) electrons. The van der Waals surface area contributed by atoms with Crippen LogP contribution in [-0.2, 0) is 11.2 Å². The predicted octanol–water partition coefficient (Wildman–Crippen LogP) is 5.40. The molecule has 0 bridgehead atoms. The minimum Gasteiger partial charge on any atom is -0.478 e. The van der Waals surface area contributed by atoms with Crippen molar-refractivity contribution < 1.29 is 9.90 Å². The zero-order valence-corrected chi connectivity index (χ0v) is 15.2. The average Bonchev–Trinajstić information content (AvgIpc) is 2.55. The minimum absolute atomic E-state index is 0.0493. The molecule has 1 heterocycles. The maximum atomic E-state index is 11.5. The highest BCUT2D eigenvalue weighted by molar-refractivity contribution is 6.34. The normalized spacial score (nSPS) is 17.4. The van der Waals surface area contributed by atoms with Crippen LogP contribution in [0.4, 0.5) is 0 Å². The van der Waals surface area contributed by atoms with Gasteiger partial charge in [0.05, 0.1) is 11.3 Å². The lowest BCUT2D eigenvalue weighted by molar-refractivity contribution is -0.133. The summed E-state index contributed by atoms with van der Waals surface area (Å²) in [5, 5.41) is 10.6. The summed E-state index contributed by atoms with van der Waals surface area (Å²) in [4.78, 5) is 16.2. The fourth-order valence-electron chi connectivity index (χ4n) is 3.16. The SMILES string of the molecule is CC1=C(C(=O)O)CC(Cc2cc(Cl)cc(Cl)c2)C(c2ccccc2)=N1. The van der Waals surface area contributed by atoms with Crippen LogP contribution in [0, 0.1) is 5.92 Å². The summed E-state index contributed by atoms with van der Waals surface area (Å²) >= 11 is 12.2. The van der Waals surface area contributed by atoms with E-state index in [2.05, 4.69) is 4.99 Å². The van der Waals surface area contributed by atoms with E-state index >= 15 is 0 Å². The Hall–Kier alpha value is -2.10. The molecule has 3 nitrogen and oxygen atoms in total. The van der Waals surface area contributed by atoms with Crippen LogP contribution in [0.15, 0.2) is 64.8 Å². The van der Waals surface area contributed by atoms with Crippen molar-refractivity contribution in [3.63, 3.8) is 0 Å². The van der Waals surface area contributed by atoms with Crippen molar-refractivity contribution in [1.29, 1.82) is 0 Å². The van der Waals surface area contributed by atoms with Crippen LogP contribution in [-0.4, -0.2) is 16.8 Å². The Kier molecular flexibility index (Phi) is 5.26. The number of carboxylic acid groups (broad SMARTS) is 1. The van der Waals surface area contributed by atoms with Crippen LogP contribution < -0.4 is 0 Å². The van der Waals surface area contributed by atoms with Crippen LogP contribution in [0.1, 0.15) is 24.5 Å². The van der Waals surface area contributed by atoms with Crippen molar-refractivity contribution in [3.8, 4) is 0 Å². The third-order valence-electron chi connectivity index (χ3n) is 4.29. The lowest BCUT2D eigenvalue weighted by atomic mass is 9.83. The second-order valence-corrected chi connectivity index (χ2v) is 6.99. The molecule has 2 aromatic rings. The number of aliphatic carboxylic acids is 1. The number of benzene rings is 2. The largest absolute Gasteiger partial charge is 0.478 e. The predicted molar refractivity (Wildman–Crippen MR) is 102 cm³/mol. The monoisotopic (exact) mass is 373 g/mol. The second kappa shape index (κ2) is 7.42. The molecule has 1 aliphatic rings. The van der Waals surface area contributed by atoms with E-state index < -0.39 is 5.97 Å². The Morgan fingerprint density at radius 3 is 2.40 bits per heavy atom. The Morgan fingerprint density at radius 1 is 1.16 bits per heavy atom. The van der Waals surface area contributed by atoms with Gasteiger partial charge in [0.1, 0.15) is 0 Å². The number of hydrogen-bond donors (Lipinski definition) is 1. The highest BCUT2D eigenvalue weighted by Gasteiger charge is 2.28. The van der Waals surface area contributed by atoms with Gasteiger partial charge in [-0.2, -0.15) is 0 Å². The molecule has 0 saturated heterocycles. The molecule has 0 amide bonds. The molecule has 2 aromatic carbocycles. The Bertz CT molecular complexity index is 852. The van der Waals surface area contributed by atoms with Gasteiger partial charge in [0.15, 0.2) is 0 Å².